The number of halogens is 1. The zero-order valence-electron chi connectivity index (χ0n) is 12.8. The highest BCUT2D eigenvalue weighted by atomic mass is 79.9. The van der Waals surface area contributed by atoms with Crippen LogP contribution in [0.15, 0.2) is 4.47 Å². The molecule has 0 bridgehead atoms. The third-order valence-corrected chi connectivity index (χ3v) is 4.16. The van der Waals surface area contributed by atoms with E-state index >= 15 is 0 Å². The molecule has 0 radical (unpaired) electrons. The van der Waals surface area contributed by atoms with E-state index in [0.29, 0.717) is 12.8 Å². The lowest BCUT2D eigenvalue weighted by Crippen LogP contribution is -2.40. The maximum atomic E-state index is 10.5. The first kappa shape index (κ1) is 16.7. The average molecular weight is 332 g/mol. The Hall–Kier alpha value is -0.390. The van der Waals surface area contributed by atoms with Gasteiger partial charge in [0.05, 0.1) is 21.5 Å². The van der Waals surface area contributed by atoms with E-state index in [2.05, 4.69) is 47.1 Å². The molecule has 0 amide bonds. The van der Waals surface area contributed by atoms with Crippen LogP contribution < -0.4 is 5.32 Å². The number of hydrogen-bond acceptors (Lipinski definition) is 3. The molecule has 0 fully saturated rings. The summed E-state index contributed by atoms with van der Waals surface area (Å²) >= 11 is 3.54. The summed E-state index contributed by atoms with van der Waals surface area (Å²) in [5, 5.41) is 18.3. The van der Waals surface area contributed by atoms with Crippen LogP contribution in [0.3, 0.4) is 0 Å². The fourth-order valence-corrected chi connectivity index (χ4v) is 2.50. The maximum Gasteiger partial charge on any atom is 0.0738 e. The lowest BCUT2D eigenvalue weighted by molar-refractivity contribution is 0.0479. The second-order valence-corrected chi connectivity index (χ2v) is 7.36. The molecule has 0 aliphatic rings. The summed E-state index contributed by atoms with van der Waals surface area (Å²) in [5.74, 6) is 0. The number of rotatable bonds is 5. The molecule has 0 saturated heterocycles. The van der Waals surface area contributed by atoms with Crippen molar-refractivity contribution in [3.05, 3.63) is 15.9 Å². The molecule has 0 aliphatic heterocycles. The van der Waals surface area contributed by atoms with Crippen LogP contribution in [0.4, 0.5) is 0 Å². The minimum atomic E-state index is -0.735. The van der Waals surface area contributed by atoms with Crippen molar-refractivity contribution in [3.63, 3.8) is 0 Å². The third-order valence-electron chi connectivity index (χ3n) is 3.13. The number of aromatic nitrogens is 2. The molecular formula is C14H26BrN3O. The van der Waals surface area contributed by atoms with Crippen molar-refractivity contribution in [1.29, 1.82) is 0 Å². The summed E-state index contributed by atoms with van der Waals surface area (Å²) in [6.07, 6.45) is 1.30. The summed E-state index contributed by atoms with van der Waals surface area (Å²) in [4.78, 5) is 0. The van der Waals surface area contributed by atoms with E-state index in [1.54, 1.807) is 0 Å². The standard InChI is InChI=1S/C14H26BrN3O/c1-10-12(15)11(18(6)17-10)9-14(5,19)7-8-16-13(2,3)4/h16,19H,7-9H2,1-6H3. The Morgan fingerprint density at radius 1 is 1.32 bits per heavy atom. The van der Waals surface area contributed by atoms with E-state index in [-0.39, 0.29) is 5.54 Å². The number of aliphatic hydroxyl groups is 1. The van der Waals surface area contributed by atoms with Crippen LogP contribution in [0.5, 0.6) is 0 Å². The number of nitrogens with zero attached hydrogens (tertiary/aromatic N) is 2. The molecule has 0 aliphatic carbocycles. The van der Waals surface area contributed by atoms with Gasteiger partial charge in [-0.1, -0.05) is 0 Å². The highest BCUT2D eigenvalue weighted by Gasteiger charge is 2.25. The zero-order chi connectivity index (χ0) is 14.8. The topological polar surface area (TPSA) is 50.1 Å². The first-order chi connectivity index (χ1) is 8.52. The van der Waals surface area contributed by atoms with Gasteiger partial charge in [-0.2, -0.15) is 5.10 Å². The van der Waals surface area contributed by atoms with E-state index in [0.717, 1.165) is 22.4 Å². The first-order valence-electron chi connectivity index (χ1n) is 6.67. The zero-order valence-corrected chi connectivity index (χ0v) is 14.4. The van der Waals surface area contributed by atoms with Gasteiger partial charge >= 0.3 is 0 Å². The monoisotopic (exact) mass is 331 g/mol. The molecule has 1 unspecified atom stereocenters. The van der Waals surface area contributed by atoms with E-state index in [1.807, 2.05) is 25.6 Å². The average Bonchev–Trinajstić information content (AvgIpc) is 2.42. The smallest absolute Gasteiger partial charge is 0.0738 e. The highest BCUT2D eigenvalue weighted by molar-refractivity contribution is 9.10. The fourth-order valence-electron chi connectivity index (χ4n) is 2.03. The molecule has 0 spiro atoms. The molecule has 0 saturated carbocycles. The van der Waals surface area contributed by atoms with Crippen LogP contribution in [0.1, 0.15) is 45.5 Å². The van der Waals surface area contributed by atoms with E-state index < -0.39 is 5.60 Å². The summed E-state index contributed by atoms with van der Waals surface area (Å²) in [7, 11) is 1.91. The van der Waals surface area contributed by atoms with Crippen LogP contribution >= 0.6 is 15.9 Å². The van der Waals surface area contributed by atoms with Gasteiger partial charge in [0, 0.05) is 19.0 Å². The number of hydrogen-bond donors (Lipinski definition) is 2. The largest absolute Gasteiger partial charge is 0.390 e. The maximum absolute atomic E-state index is 10.5. The lowest BCUT2D eigenvalue weighted by Gasteiger charge is -2.27. The van der Waals surface area contributed by atoms with Crippen LogP contribution in [-0.4, -0.2) is 32.6 Å². The third kappa shape index (κ3) is 5.24. The Morgan fingerprint density at radius 2 is 1.89 bits per heavy atom. The second-order valence-electron chi connectivity index (χ2n) is 6.57. The predicted molar refractivity (Wildman–Crippen MR) is 82.3 cm³/mol. The molecule has 110 valence electrons. The summed E-state index contributed by atoms with van der Waals surface area (Å²) in [5.41, 5.74) is 1.35. The molecule has 1 aromatic heterocycles. The van der Waals surface area contributed by atoms with Crippen molar-refractivity contribution in [1.82, 2.24) is 15.1 Å². The summed E-state index contributed by atoms with van der Waals surface area (Å²) in [6.45, 7) is 11.0. The Balaban J connectivity index is 2.64. The molecule has 1 heterocycles. The molecule has 19 heavy (non-hydrogen) atoms. The van der Waals surface area contributed by atoms with Gasteiger partial charge in [-0.15, -0.1) is 0 Å². The predicted octanol–water partition coefficient (Wildman–Crippen LogP) is 2.56. The molecule has 1 aromatic rings. The van der Waals surface area contributed by atoms with Gasteiger partial charge < -0.3 is 10.4 Å². The normalized spacial score (nSPS) is 15.6. The SMILES string of the molecule is Cc1nn(C)c(CC(C)(O)CCNC(C)(C)C)c1Br. The highest BCUT2D eigenvalue weighted by Crippen LogP contribution is 2.25. The van der Waals surface area contributed by atoms with Crippen LogP contribution in [0, 0.1) is 6.92 Å². The van der Waals surface area contributed by atoms with E-state index in [1.165, 1.54) is 0 Å². The first-order valence-corrected chi connectivity index (χ1v) is 7.46. The van der Waals surface area contributed by atoms with Crippen molar-refractivity contribution in [3.8, 4) is 0 Å². The van der Waals surface area contributed by atoms with Gasteiger partial charge in [0.15, 0.2) is 0 Å². The van der Waals surface area contributed by atoms with Gasteiger partial charge in [0.2, 0.25) is 0 Å². The van der Waals surface area contributed by atoms with Gasteiger partial charge in [0.25, 0.3) is 0 Å². The quantitative estimate of drug-likeness (QED) is 0.871. The van der Waals surface area contributed by atoms with Crippen LogP contribution in [0.25, 0.3) is 0 Å². The number of nitrogens with one attached hydrogen (secondary N) is 1. The van der Waals surface area contributed by atoms with Crippen molar-refractivity contribution in [2.45, 2.75) is 58.6 Å². The molecule has 4 nitrogen and oxygen atoms in total. The lowest BCUT2D eigenvalue weighted by atomic mass is 9.95. The molecule has 1 rings (SSSR count). The van der Waals surface area contributed by atoms with E-state index in [9.17, 15) is 5.11 Å². The summed E-state index contributed by atoms with van der Waals surface area (Å²) in [6, 6.07) is 0. The van der Waals surface area contributed by atoms with Crippen LogP contribution in [-0.2, 0) is 13.5 Å². The van der Waals surface area contributed by atoms with E-state index in [4.69, 9.17) is 0 Å². The van der Waals surface area contributed by atoms with Crippen molar-refractivity contribution >= 4 is 15.9 Å². The Kier molecular flexibility index (Phi) is 5.21. The van der Waals surface area contributed by atoms with Gasteiger partial charge in [-0.25, -0.2) is 0 Å². The molecule has 1 atom stereocenters. The van der Waals surface area contributed by atoms with Crippen molar-refractivity contribution in [2.75, 3.05) is 6.54 Å². The van der Waals surface area contributed by atoms with Crippen LogP contribution in [0.2, 0.25) is 0 Å². The van der Waals surface area contributed by atoms with Gasteiger partial charge in [-0.3, -0.25) is 4.68 Å². The molecular weight excluding hydrogens is 306 g/mol. The molecule has 5 heteroatoms. The van der Waals surface area contributed by atoms with Gasteiger partial charge in [0.1, 0.15) is 0 Å². The number of aryl methyl sites for hydroxylation is 2. The molecule has 0 aromatic carbocycles. The second kappa shape index (κ2) is 5.94. The van der Waals surface area contributed by atoms with Crippen molar-refractivity contribution in [2.24, 2.45) is 7.05 Å². The van der Waals surface area contributed by atoms with Gasteiger partial charge in [-0.05, 0) is 63.5 Å². The molecule has 2 N–H and O–H groups in total. The Bertz CT molecular complexity index is 433. The minimum absolute atomic E-state index is 0.0831. The minimum Gasteiger partial charge on any atom is -0.390 e. The van der Waals surface area contributed by atoms with Crippen molar-refractivity contribution < 1.29 is 5.11 Å². The Labute approximate surface area is 124 Å². The fraction of sp³-hybridized carbons (Fsp3) is 0.786. The Morgan fingerprint density at radius 3 is 2.32 bits per heavy atom. The summed E-state index contributed by atoms with van der Waals surface area (Å²) < 4.78 is 2.84.